The Morgan fingerprint density at radius 2 is 1.96 bits per heavy atom. The number of benzene rings is 2. The van der Waals surface area contributed by atoms with Gasteiger partial charge in [-0.25, -0.2) is 4.98 Å². The lowest BCUT2D eigenvalue weighted by molar-refractivity contribution is -0.384. The number of hydrogen-bond acceptors (Lipinski definition) is 4. The van der Waals surface area contributed by atoms with Gasteiger partial charge >= 0.3 is 0 Å². The van der Waals surface area contributed by atoms with E-state index in [1.54, 1.807) is 0 Å². The summed E-state index contributed by atoms with van der Waals surface area (Å²) in [5, 5.41) is 11.1. The van der Waals surface area contributed by atoms with Crippen molar-refractivity contribution >= 4 is 22.7 Å². The second-order valence-electron chi connectivity index (χ2n) is 4.97. The fourth-order valence-electron chi connectivity index (χ4n) is 2.26. The molecule has 0 fully saturated rings. The standard InChI is InChI=1S/C17H13N3O3/c21-17-15-9-8-14(20(22)23)11-16(15)18-12-19(17)10-4-7-13-5-2-1-3-6-13/h1-9,11-12H,10H2. The van der Waals surface area contributed by atoms with Gasteiger partial charge in [0.1, 0.15) is 0 Å². The minimum absolute atomic E-state index is 0.0777. The van der Waals surface area contributed by atoms with Gasteiger partial charge in [-0.05, 0) is 11.6 Å². The molecule has 0 saturated heterocycles. The number of non-ortho nitro benzene ring substituents is 1. The van der Waals surface area contributed by atoms with E-state index in [-0.39, 0.29) is 11.2 Å². The maximum absolute atomic E-state index is 12.4. The minimum Gasteiger partial charge on any atom is -0.295 e. The molecule has 0 spiro atoms. The second kappa shape index (κ2) is 6.23. The average Bonchev–Trinajstić information content (AvgIpc) is 2.57. The molecule has 6 heteroatoms. The second-order valence-corrected chi connectivity index (χ2v) is 4.97. The van der Waals surface area contributed by atoms with Crippen molar-refractivity contribution in [1.82, 2.24) is 9.55 Å². The largest absolute Gasteiger partial charge is 0.295 e. The van der Waals surface area contributed by atoms with Crippen LogP contribution in [0.25, 0.3) is 17.0 Å². The monoisotopic (exact) mass is 307 g/mol. The summed E-state index contributed by atoms with van der Waals surface area (Å²) in [6.07, 6.45) is 5.20. The molecule has 0 aliphatic heterocycles. The van der Waals surface area contributed by atoms with Crippen LogP contribution in [-0.2, 0) is 6.54 Å². The minimum atomic E-state index is -0.505. The number of aromatic nitrogens is 2. The van der Waals surface area contributed by atoms with Crippen LogP contribution in [0.15, 0.2) is 65.7 Å². The molecule has 3 rings (SSSR count). The van der Waals surface area contributed by atoms with Crippen LogP contribution in [-0.4, -0.2) is 14.5 Å². The van der Waals surface area contributed by atoms with E-state index in [0.717, 1.165) is 5.56 Å². The van der Waals surface area contributed by atoms with Crippen LogP contribution in [0.1, 0.15) is 5.56 Å². The van der Waals surface area contributed by atoms with E-state index >= 15 is 0 Å². The SMILES string of the molecule is O=c1c2ccc([N+](=O)[O-])cc2ncn1CC=Cc1ccccc1. The Kier molecular flexibility index (Phi) is 3.97. The number of nitrogens with zero attached hydrogens (tertiary/aromatic N) is 3. The topological polar surface area (TPSA) is 78.0 Å². The van der Waals surface area contributed by atoms with E-state index in [1.165, 1.54) is 29.1 Å². The molecule has 0 radical (unpaired) electrons. The third kappa shape index (κ3) is 3.16. The molecular formula is C17H13N3O3. The van der Waals surface area contributed by atoms with E-state index in [1.807, 2.05) is 42.5 Å². The van der Waals surface area contributed by atoms with E-state index < -0.39 is 4.92 Å². The molecule has 23 heavy (non-hydrogen) atoms. The van der Waals surface area contributed by atoms with E-state index in [2.05, 4.69) is 4.98 Å². The summed E-state index contributed by atoms with van der Waals surface area (Å²) < 4.78 is 1.47. The molecule has 6 nitrogen and oxygen atoms in total. The van der Waals surface area contributed by atoms with Crippen molar-refractivity contribution in [2.75, 3.05) is 0 Å². The summed E-state index contributed by atoms with van der Waals surface area (Å²) in [7, 11) is 0. The number of fused-ring (bicyclic) bond motifs is 1. The van der Waals surface area contributed by atoms with Crippen molar-refractivity contribution in [2.24, 2.45) is 0 Å². The number of allylic oxidation sites excluding steroid dienone is 1. The Morgan fingerprint density at radius 1 is 1.17 bits per heavy atom. The third-order valence-electron chi connectivity index (χ3n) is 3.43. The number of rotatable bonds is 4. The molecule has 1 heterocycles. The van der Waals surface area contributed by atoms with E-state index in [0.29, 0.717) is 17.4 Å². The van der Waals surface area contributed by atoms with Crippen LogP contribution in [0.2, 0.25) is 0 Å². The highest BCUT2D eigenvalue weighted by Crippen LogP contribution is 2.16. The predicted octanol–water partition coefficient (Wildman–Crippen LogP) is 3.02. The molecule has 0 aliphatic carbocycles. The van der Waals surface area contributed by atoms with E-state index in [4.69, 9.17) is 0 Å². The van der Waals surface area contributed by atoms with Crippen LogP contribution in [0, 0.1) is 10.1 Å². The molecule has 0 aliphatic rings. The summed E-state index contributed by atoms with van der Waals surface area (Å²) in [6.45, 7) is 0.383. The van der Waals surface area contributed by atoms with Crippen molar-refractivity contribution in [1.29, 1.82) is 0 Å². The summed E-state index contributed by atoms with van der Waals surface area (Å²) in [5.74, 6) is 0. The summed E-state index contributed by atoms with van der Waals surface area (Å²) in [6, 6.07) is 13.8. The Morgan fingerprint density at radius 3 is 2.70 bits per heavy atom. The maximum atomic E-state index is 12.4. The van der Waals surface area contributed by atoms with Gasteiger partial charge in [-0.1, -0.05) is 42.5 Å². The molecule has 0 atom stereocenters. The molecule has 0 unspecified atom stereocenters. The predicted molar refractivity (Wildman–Crippen MR) is 88.1 cm³/mol. The number of nitro benzene ring substituents is 1. The molecule has 0 N–H and O–H groups in total. The molecular weight excluding hydrogens is 294 g/mol. The number of nitro groups is 1. The Hall–Kier alpha value is -3.28. The van der Waals surface area contributed by atoms with E-state index in [9.17, 15) is 14.9 Å². The van der Waals surface area contributed by atoms with Gasteiger partial charge < -0.3 is 0 Å². The molecule has 2 aromatic carbocycles. The Balaban J connectivity index is 1.89. The zero-order chi connectivity index (χ0) is 16.2. The van der Waals surface area contributed by atoms with Crippen LogP contribution < -0.4 is 5.56 Å². The van der Waals surface area contributed by atoms with Gasteiger partial charge in [0.25, 0.3) is 11.2 Å². The lowest BCUT2D eigenvalue weighted by Gasteiger charge is -2.03. The van der Waals surface area contributed by atoms with Gasteiger partial charge in [-0.2, -0.15) is 0 Å². The molecule has 0 amide bonds. The van der Waals surface area contributed by atoms with Crippen LogP contribution >= 0.6 is 0 Å². The summed E-state index contributed by atoms with van der Waals surface area (Å²) >= 11 is 0. The molecule has 3 aromatic rings. The van der Waals surface area contributed by atoms with Gasteiger partial charge in [0, 0.05) is 18.7 Å². The van der Waals surface area contributed by atoms with Gasteiger partial charge in [0.15, 0.2) is 0 Å². The first kappa shape index (κ1) is 14.6. The molecule has 0 bridgehead atoms. The van der Waals surface area contributed by atoms with Crippen molar-refractivity contribution in [2.45, 2.75) is 6.54 Å². The lowest BCUT2D eigenvalue weighted by atomic mass is 10.2. The lowest BCUT2D eigenvalue weighted by Crippen LogP contribution is -2.19. The van der Waals surface area contributed by atoms with Crippen LogP contribution in [0.4, 0.5) is 5.69 Å². The smallest absolute Gasteiger partial charge is 0.271 e. The number of hydrogen-bond donors (Lipinski definition) is 0. The highest BCUT2D eigenvalue weighted by molar-refractivity contribution is 5.79. The van der Waals surface area contributed by atoms with Crippen molar-refractivity contribution in [3.63, 3.8) is 0 Å². The zero-order valence-electron chi connectivity index (χ0n) is 12.1. The van der Waals surface area contributed by atoms with Crippen LogP contribution in [0.5, 0.6) is 0 Å². The summed E-state index contributed by atoms with van der Waals surface area (Å²) in [5.41, 5.74) is 1.08. The fourth-order valence-corrected chi connectivity index (χ4v) is 2.26. The first-order valence-electron chi connectivity index (χ1n) is 7.00. The van der Waals surface area contributed by atoms with Crippen LogP contribution in [0.3, 0.4) is 0 Å². The molecule has 0 saturated carbocycles. The van der Waals surface area contributed by atoms with Crippen molar-refractivity contribution < 1.29 is 4.92 Å². The highest BCUT2D eigenvalue weighted by atomic mass is 16.6. The quantitative estimate of drug-likeness (QED) is 0.548. The molecule has 114 valence electrons. The van der Waals surface area contributed by atoms with Gasteiger partial charge in [-0.15, -0.1) is 0 Å². The van der Waals surface area contributed by atoms with Crippen molar-refractivity contribution in [3.8, 4) is 0 Å². The van der Waals surface area contributed by atoms with Gasteiger partial charge in [0.2, 0.25) is 0 Å². The Labute approximate surface area is 131 Å². The average molecular weight is 307 g/mol. The van der Waals surface area contributed by atoms with Gasteiger partial charge in [0.05, 0.1) is 22.2 Å². The van der Waals surface area contributed by atoms with Crippen molar-refractivity contribution in [3.05, 3.63) is 87.0 Å². The first-order valence-corrected chi connectivity index (χ1v) is 7.00. The molecule has 1 aromatic heterocycles. The van der Waals surface area contributed by atoms with Gasteiger partial charge in [-0.3, -0.25) is 19.5 Å². The normalized spacial score (nSPS) is 11.1. The first-order chi connectivity index (χ1) is 11.1. The highest BCUT2D eigenvalue weighted by Gasteiger charge is 2.09. The zero-order valence-corrected chi connectivity index (χ0v) is 12.1. The Bertz CT molecular complexity index is 946. The third-order valence-corrected chi connectivity index (χ3v) is 3.43. The maximum Gasteiger partial charge on any atom is 0.271 e. The summed E-state index contributed by atoms with van der Waals surface area (Å²) in [4.78, 5) is 26.8. The fraction of sp³-hybridized carbons (Fsp3) is 0.0588.